The molecule has 0 radical (unpaired) electrons. The zero-order chi connectivity index (χ0) is 15.9. The third kappa shape index (κ3) is 2.96. The monoisotopic (exact) mass is 342 g/mol. The van der Waals surface area contributed by atoms with Gasteiger partial charge in [-0.25, -0.2) is 9.69 Å². The normalized spacial score (nSPS) is 26.6. The van der Waals surface area contributed by atoms with Gasteiger partial charge in [0.05, 0.1) is 0 Å². The van der Waals surface area contributed by atoms with Crippen molar-refractivity contribution in [3.05, 3.63) is 12.7 Å². The summed E-state index contributed by atoms with van der Waals surface area (Å²) in [5.41, 5.74) is 0. The van der Waals surface area contributed by atoms with E-state index in [2.05, 4.69) is 11.9 Å². The third-order valence-corrected chi connectivity index (χ3v) is 4.48. The van der Waals surface area contributed by atoms with Crippen molar-refractivity contribution in [3.63, 3.8) is 0 Å². The van der Waals surface area contributed by atoms with Crippen LogP contribution < -0.4 is 5.32 Å². The summed E-state index contributed by atoms with van der Waals surface area (Å²) in [7, 11) is 0. The van der Waals surface area contributed by atoms with E-state index in [1.54, 1.807) is 4.90 Å². The van der Waals surface area contributed by atoms with E-state index in [0.29, 0.717) is 24.9 Å². The number of nitrogens with zero attached hydrogens (tertiary/aromatic N) is 3. The van der Waals surface area contributed by atoms with Gasteiger partial charge in [-0.05, 0) is 11.8 Å². The molecule has 8 nitrogen and oxygen atoms in total. The second-order valence-electron chi connectivity index (χ2n) is 5.86. The Bertz CT molecular complexity index is 555. The Morgan fingerprint density at radius 3 is 2.26 bits per heavy atom. The number of halogens is 1. The maximum Gasteiger partial charge on any atom is 0.335 e. The second-order valence-corrected chi connectivity index (χ2v) is 5.86. The Morgan fingerprint density at radius 2 is 1.70 bits per heavy atom. The molecular formula is C14H19ClN4O4. The quantitative estimate of drug-likeness (QED) is 0.405. The Morgan fingerprint density at radius 1 is 1.13 bits per heavy atom. The SMILES string of the molecule is C=CCN1C(=O)C(=O)N(CC(=O)N2C[C@H]3CNC[C@H]3C2)C1=O.Cl. The van der Waals surface area contributed by atoms with Crippen molar-refractivity contribution in [1.29, 1.82) is 0 Å². The Labute approximate surface area is 139 Å². The summed E-state index contributed by atoms with van der Waals surface area (Å²) in [4.78, 5) is 51.1. The van der Waals surface area contributed by atoms with Gasteiger partial charge < -0.3 is 10.2 Å². The predicted octanol–water partition coefficient (Wildman–Crippen LogP) is -0.937. The first-order valence-electron chi connectivity index (χ1n) is 7.29. The van der Waals surface area contributed by atoms with Crippen LogP contribution in [0.2, 0.25) is 0 Å². The van der Waals surface area contributed by atoms with Gasteiger partial charge in [0.25, 0.3) is 0 Å². The Kier molecular flexibility index (Phi) is 5.06. The van der Waals surface area contributed by atoms with Crippen LogP contribution in [0.5, 0.6) is 0 Å². The molecule has 1 N–H and O–H groups in total. The van der Waals surface area contributed by atoms with Crippen molar-refractivity contribution in [3.8, 4) is 0 Å². The number of likely N-dealkylation sites (tertiary alicyclic amines) is 1. The second kappa shape index (κ2) is 6.67. The molecule has 0 aromatic heterocycles. The fourth-order valence-electron chi connectivity index (χ4n) is 3.27. The molecule has 126 valence electrons. The van der Waals surface area contributed by atoms with Crippen LogP contribution in [0.3, 0.4) is 0 Å². The third-order valence-electron chi connectivity index (χ3n) is 4.48. The number of carbonyl (C=O) groups excluding carboxylic acids is 4. The van der Waals surface area contributed by atoms with Gasteiger partial charge in [-0.1, -0.05) is 6.08 Å². The summed E-state index contributed by atoms with van der Waals surface area (Å²) in [6.45, 7) is 6.09. The molecule has 3 rings (SSSR count). The summed E-state index contributed by atoms with van der Waals surface area (Å²) in [6, 6.07) is -0.746. The minimum Gasteiger partial charge on any atom is -0.340 e. The topological polar surface area (TPSA) is 90.0 Å². The molecule has 3 saturated heterocycles. The molecule has 0 unspecified atom stereocenters. The van der Waals surface area contributed by atoms with Crippen molar-refractivity contribution in [2.75, 3.05) is 39.3 Å². The molecule has 3 aliphatic rings. The van der Waals surface area contributed by atoms with Gasteiger partial charge in [0, 0.05) is 32.7 Å². The van der Waals surface area contributed by atoms with E-state index in [-0.39, 0.29) is 31.4 Å². The number of hydrogen-bond donors (Lipinski definition) is 1. The van der Waals surface area contributed by atoms with Crippen LogP contribution in [-0.4, -0.2) is 77.7 Å². The standard InChI is InChI=1S/C14H18N4O4.ClH/c1-2-3-17-12(20)13(21)18(14(17)22)8-11(19)16-6-9-4-15-5-10(9)7-16;/h2,9-10,15H,1,3-8H2;1H/t9-,10+;. The molecule has 0 spiro atoms. The molecule has 23 heavy (non-hydrogen) atoms. The van der Waals surface area contributed by atoms with Gasteiger partial charge in [0.2, 0.25) is 5.91 Å². The van der Waals surface area contributed by atoms with Crippen molar-refractivity contribution in [2.24, 2.45) is 11.8 Å². The van der Waals surface area contributed by atoms with E-state index < -0.39 is 17.8 Å². The van der Waals surface area contributed by atoms with Gasteiger partial charge in [-0.15, -0.1) is 19.0 Å². The molecule has 0 aromatic rings. The van der Waals surface area contributed by atoms with Crippen LogP contribution in [0.1, 0.15) is 0 Å². The highest BCUT2D eigenvalue weighted by molar-refractivity contribution is 6.45. The smallest absolute Gasteiger partial charge is 0.335 e. The molecule has 3 heterocycles. The van der Waals surface area contributed by atoms with Crippen LogP contribution in [-0.2, 0) is 14.4 Å². The Hall–Kier alpha value is -1.93. The van der Waals surface area contributed by atoms with Crippen LogP contribution in [0, 0.1) is 11.8 Å². The molecule has 5 amide bonds. The summed E-state index contributed by atoms with van der Waals surface area (Å²) in [5, 5.41) is 3.28. The first kappa shape index (κ1) is 17.4. The number of nitrogens with one attached hydrogen (secondary N) is 1. The lowest BCUT2D eigenvalue weighted by Crippen LogP contribution is -2.43. The van der Waals surface area contributed by atoms with Gasteiger partial charge in [0.15, 0.2) is 0 Å². The van der Waals surface area contributed by atoms with Gasteiger partial charge >= 0.3 is 17.8 Å². The summed E-state index contributed by atoms with van der Waals surface area (Å²) in [5.74, 6) is -1.26. The van der Waals surface area contributed by atoms with Crippen molar-refractivity contribution < 1.29 is 19.2 Å². The zero-order valence-corrected chi connectivity index (χ0v) is 13.4. The number of rotatable bonds is 4. The first-order chi connectivity index (χ1) is 10.5. The first-order valence-corrected chi connectivity index (χ1v) is 7.29. The van der Waals surface area contributed by atoms with E-state index in [1.807, 2.05) is 0 Å². The van der Waals surface area contributed by atoms with Crippen LogP contribution >= 0.6 is 12.4 Å². The van der Waals surface area contributed by atoms with E-state index in [4.69, 9.17) is 0 Å². The number of carbonyl (C=O) groups is 4. The number of fused-ring (bicyclic) bond motifs is 1. The number of hydrogen-bond acceptors (Lipinski definition) is 5. The number of amides is 5. The number of urea groups is 1. The molecular weight excluding hydrogens is 324 g/mol. The van der Waals surface area contributed by atoms with Gasteiger partial charge in [-0.3, -0.25) is 19.3 Å². The number of imide groups is 2. The van der Waals surface area contributed by atoms with Crippen LogP contribution in [0.15, 0.2) is 12.7 Å². The summed E-state index contributed by atoms with van der Waals surface area (Å²) in [6.07, 6.45) is 1.36. The average Bonchev–Trinajstić information content (AvgIpc) is 3.13. The molecule has 2 atom stereocenters. The van der Waals surface area contributed by atoms with E-state index in [9.17, 15) is 19.2 Å². The highest BCUT2D eigenvalue weighted by atomic mass is 35.5. The summed E-state index contributed by atoms with van der Waals surface area (Å²) >= 11 is 0. The molecule has 0 aromatic carbocycles. The minimum absolute atomic E-state index is 0. The molecule has 3 aliphatic heterocycles. The fraction of sp³-hybridized carbons (Fsp3) is 0.571. The molecule has 0 aliphatic carbocycles. The van der Waals surface area contributed by atoms with Crippen LogP contribution in [0.4, 0.5) is 4.79 Å². The van der Waals surface area contributed by atoms with Crippen LogP contribution in [0.25, 0.3) is 0 Å². The van der Waals surface area contributed by atoms with Crippen molar-refractivity contribution in [1.82, 2.24) is 20.0 Å². The lowest BCUT2D eigenvalue weighted by Gasteiger charge is -2.20. The lowest BCUT2D eigenvalue weighted by molar-refractivity contribution is -0.144. The minimum atomic E-state index is -0.943. The maximum absolute atomic E-state index is 12.3. The fourth-order valence-corrected chi connectivity index (χ4v) is 3.27. The van der Waals surface area contributed by atoms with Crippen molar-refractivity contribution >= 4 is 36.2 Å². The summed E-state index contributed by atoms with van der Waals surface area (Å²) < 4.78 is 0. The van der Waals surface area contributed by atoms with E-state index >= 15 is 0 Å². The highest BCUT2D eigenvalue weighted by Crippen LogP contribution is 2.26. The van der Waals surface area contributed by atoms with E-state index in [1.165, 1.54) is 6.08 Å². The Balaban J connectivity index is 0.00000192. The zero-order valence-electron chi connectivity index (χ0n) is 12.6. The maximum atomic E-state index is 12.3. The molecule has 9 heteroatoms. The highest BCUT2D eigenvalue weighted by Gasteiger charge is 2.46. The van der Waals surface area contributed by atoms with Gasteiger partial charge in [-0.2, -0.15) is 0 Å². The van der Waals surface area contributed by atoms with Crippen molar-refractivity contribution in [2.45, 2.75) is 0 Å². The van der Waals surface area contributed by atoms with Gasteiger partial charge in [0.1, 0.15) is 6.54 Å². The van der Waals surface area contributed by atoms with E-state index in [0.717, 1.165) is 22.9 Å². The average molecular weight is 343 g/mol. The predicted molar refractivity (Wildman–Crippen MR) is 82.7 cm³/mol. The lowest BCUT2D eigenvalue weighted by atomic mass is 10.0. The molecule has 3 fully saturated rings. The largest absolute Gasteiger partial charge is 0.340 e. The molecule has 0 bridgehead atoms. The molecule has 0 saturated carbocycles.